The van der Waals surface area contributed by atoms with Crippen molar-refractivity contribution in [2.45, 2.75) is 0 Å². The Hall–Kier alpha value is 0.226. The van der Waals surface area contributed by atoms with Crippen molar-refractivity contribution < 1.29 is 39.1 Å². The van der Waals surface area contributed by atoms with E-state index in [1.807, 2.05) is 0 Å². The summed E-state index contributed by atoms with van der Waals surface area (Å²) in [5, 5.41) is 9.13. The van der Waals surface area contributed by atoms with Gasteiger partial charge in [0.15, 0.2) is 0 Å². The number of carboxylic acids is 1. The van der Waals surface area contributed by atoms with Gasteiger partial charge in [0.2, 0.25) is 0 Å². The van der Waals surface area contributed by atoms with E-state index in [0.29, 0.717) is 0 Å². The molecule has 45 valence electrons. The largest absolute Gasteiger partial charge is 2.00 e. The van der Waals surface area contributed by atoms with E-state index in [1.165, 1.54) is 0 Å². The number of carbonyl (C=O) groups excluding carboxylic acids is 1. The van der Waals surface area contributed by atoms with Crippen LogP contribution in [0.25, 0.3) is 0 Å². The third-order valence-electron chi connectivity index (χ3n) is 0.167. The van der Waals surface area contributed by atoms with E-state index in [0.717, 1.165) is 0 Å². The molecule has 2 N–H and O–H groups in total. The van der Waals surface area contributed by atoms with Crippen LogP contribution in [0.15, 0.2) is 0 Å². The van der Waals surface area contributed by atoms with Crippen LogP contribution in [0.5, 0.6) is 0 Å². The van der Waals surface area contributed by atoms with E-state index in [4.69, 9.17) is 9.90 Å². The fourth-order valence-corrected chi connectivity index (χ4v) is 0. The van der Waals surface area contributed by atoms with Crippen LogP contribution in [-0.2, 0) is 21.6 Å². The molecule has 0 fully saturated rings. The van der Waals surface area contributed by atoms with Gasteiger partial charge in [0, 0.05) is 6.54 Å². The average molecular weight is 168 g/mol. The van der Waals surface area contributed by atoms with Gasteiger partial charge in [0.25, 0.3) is 0 Å². The predicted molar refractivity (Wildman–Crippen MR) is 14.1 cm³/mol. The summed E-state index contributed by atoms with van der Waals surface area (Å²) in [5.41, 5.74) is 4.51. The molecule has 1 radical (unpaired) electrons. The summed E-state index contributed by atoms with van der Waals surface area (Å²) in [6, 6.07) is 0. The number of hydrogen-bond acceptors (Lipinski definition) is 3. The second-order valence-electron chi connectivity index (χ2n) is 0.576. The average Bonchev–Trinajstić information content (AvgIpc) is 1.38. The Morgan fingerprint density at radius 1 is 1.71 bits per heavy atom. The topological polar surface area (TPSA) is 66.2 Å². The minimum Gasteiger partial charge on any atom is -1.00 e. The third kappa shape index (κ3) is 22.4. The molecule has 5 heteroatoms. The molecule has 0 aromatic carbocycles. The van der Waals surface area contributed by atoms with Gasteiger partial charge in [-0.1, -0.05) is 0 Å². The first kappa shape index (κ1) is 15.7. The van der Waals surface area contributed by atoms with Crippen LogP contribution in [0.4, 0.5) is 0 Å². The Labute approximate surface area is 57.9 Å². The number of hydrogen-bond donors (Lipinski definition) is 1. The third-order valence-corrected chi connectivity index (χ3v) is 0.167. The molecule has 0 amide bonds. The number of nitrogens with two attached hydrogens (primary N) is 1. The van der Waals surface area contributed by atoms with Gasteiger partial charge in [-0.25, -0.2) is 0 Å². The van der Waals surface area contributed by atoms with Crippen LogP contribution in [0.3, 0.4) is 0 Å². The van der Waals surface area contributed by atoms with Gasteiger partial charge in [-0.05, 0) is 0 Å². The molecule has 3 nitrogen and oxygen atoms in total. The fourth-order valence-electron chi connectivity index (χ4n) is 0. The van der Waals surface area contributed by atoms with Crippen molar-refractivity contribution in [3.8, 4) is 0 Å². The van der Waals surface area contributed by atoms with Gasteiger partial charge in [0.05, 0.1) is 5.97 Å². The minimum atomic E-state index is -1.22. The van der Waals surface area contributed by atoms with Crippen LogP contribution in [-0.4, -0.2) is 12.5 Å². The van der Waals surface area contributed by atoms with Crippen LogP contribution >= 0.6 is 0 Å². The molecule has 0 unspecified atom stereocenters. The van der Waals surface area contributed by atoms with Crippen molar-refractivity contribution in [2.75, 3.05) is 6.54 Å². The zero-order valence-electron chi connectivity index (χ0n) is 3.31. The van der Waals surface area contributed by atoms with Gasteiger partial charge in [-0.2, -0.15) is 0 Å². The summed E-state index contributed by atoms with van der Waals surface area (Å²) in [4.78, 5) is 9.13. The monoisotopic (exact) mass is 168 g/mol. The molecule has 0 saturated heterocycles. The number of halogens is 1. The Bertz CT molecular complexity index is 51.0. The minimum absolute atomic E-state index is 0. The van der Waals surface area contributed by atoms with Crippen LogP contribution in [0.1, 0.15) is 0 Å². The molecular formula is C2H4ClCoNO2. The van der Waals surface area contributed by atoms with E-state index in [1.54, 1.807) is 0 Å². The zero-order chi connectivity index (χ0) is 4.28. The Morgan fingerprint density at radius 3 is 1.86 bits per heavy atom. The SMILES string of the molecule is NCC(=O)[O-].[Cl-].[Co+2]. The number of aliphatic carboxylic acids is 1. The summed E-state index contributed by atoms with van der Waals surface area (Å²) in [7, 11) is 0. The van der Waals surface area contributed by atoms with E-state index in [9.17, 15) is 0 Å². The molecule has 0 aliphatic heterocycles. The van der Waals surface area contributed by atoms with E-state index in [-0.39, 0.29) is 35.7 Å². The summed E-state index contributed by atoms with van der Waals surface area (Å²) < 4.78 is 0. The summed E-state index contributed by atoms with van der Waals surface area (Å²) in [5.74, 6) is -1.22. The number of carboxylic acid groups (broad SMARTS) is 1. The van der Waals surface area contributed by atoms with Gasteiger partial charge in [0.1, 0.15) is 0 Å². The van der Waals surface area contributed by atoms with E-state index in [2.05, 4.69) is 5.73 Å². The summed E-state index contributed by atoms with van der Waals surface area (Å²) in [6.07, 6.45) is 0. The van der Waals surface area contributed by atoms with Crippen molar-refractivity contribution in [1.29, 1.82) is 0 Å². The fraction of sp³-hybridized carbons (Fsp3) is 0.500. The Balaban J connectivity index is -0.0000000800. The molecule has 0 aromatic rings. The number of carbonyl (C=O) groups is 1. The first-order valence-corrected chi connectivity index (χ1v) is 1.17. The summed E-state index contributed by atoms with van der Waals surface area (Å²) >= 11 is 0. The Morgan fingerprint density at radius 2 is 1.86 bits per heavy atom. The molecule has 0 rings (SSSR count). The van der Waals surface area contributed by atoms with Gasteiger partial charge < -0.3 is 28.0 Å². The molecule has 0 spiro atoms. The van der Waals surface area contributed by atoms with Crippen molar-refractivity contribution in [3.05, 3.63) is 0 Å². The van der Waals surface area contributed by atoms with Gasteiger partial charge in [-0.15, -0.1) is 0 Å². The second-order valence-corrected chi connectivity index (χ2v) is 0.576. The van der Waals surface area contributed by atoms with Crippen molar-refractivity contribution in [1.82, 2.24) is 0 Å². The zero-order valence-corrected chi connectivity index (χ0v) is 5.11. The first-order valence-electron chi connectivity index (χ1n) is 1.17. The van der Waals surface area contributed by atoms with Crippen LogP contribution < -0.4 is 23.2 Å². The smallest absolute Gasteiger partial charge is 1.00 e. The number of rotatable bonds is 1. The van der Waals surface area contributed by atoms with Crippen molar-refractivity contribution in [3.63, 3.8) is 0 Å². The van der Waals surface area contributed by atoms with Crippen LogP contribution in [0.2, 0.25) is 0 Å². The molecule has 0 aromatic heterocycles. The quantitative estimate of drug-likeness (QED) is 0.425. The predicted octanol–water partition coefficient (Wildman–Crippen LogP) is -5.30. The molecule has 0 atom stereocenters. The Kier molecular flexibility index (Phi) is 21.3. The maximum Gasteiger partial charge on any atom is 2.00 e. The molecule has 7 heavy (non-hydrogen) atoms. The van der Waals surface area contributed by atoms with E-state index < -0.39 is 5.97 Å². The molecule has 0 aliphatic rings. The maximum absolute atomic E-state index is 9.13. The molecule has 0 heterocycles. The van der Waals surface area contributed by atoms with Crippen LogP contribution in [0, 0.1) is 0 Å². The summed E-state index contributed by atoms with van der Waals surface area (Å²) in [6.45, 7) is -0.389. The normalized spacial score (nSPS) is 5.29. The standard InChI is InChI=1S/C2H5NO2.ClH.Co/c3-1-2(4)5;;/h1,3H2,(H,4,5);1H;/q;;+2/p-2. The molecular weight excluding hydrogens is 164 g/mol. The van der Waals surface area contributed by atoms with Gasteiger partial charge >= 0.3 is 16.8 Å². The van der Waals surface area contributed by atoms with Crippen molar-refractivity contribution >= 4 is 5.97 Å². The molecule has 0 bridgehead atoms. The second kappa shape index (κ2) is 9.52. The van der Waals surface area contributed by atoms with E-state index >= 15 is 0 Å². The molecule has 0 saturated carbocycles. The van der Waals surface area contributed by atoms with Gasteiger partial charge in [-0.3, -0.25) is 0 Å². The van der Waals surface area contributed by atoms with Crippen molar-refractivity contribution in [2.24, 2.45) is 5.73 Å². The molecule has 0 aliphatic carbocycles. The maximum atomic E-state index is 9.13. The first-order chi connectivity index (χ1) is 2.27.